The van der Waals surface area contributed by atoms with Crippen LogP contribution in [0.4, 0.5) is 10.1 Å². The van der Waals surface area contributed by atoms with E-state index in [-0.39, 0.29) is 11.7 Å². The van der Waals surface area contributed by atoms with Crippen molar-refractivity contribution in [2.45, 2.75) is 20.5 Å². The maximum absolute atomic E-state index is 13.3. The van der Waals surface area contributed by atoms with Crippen LogP contribution in [0, 0.1) is 13.0 Å². The van der Waals surface area contributed by atoms with E-state index in [1.165, 1.54) is 27.5 Å². The molecular formula is C27H23FI2N2O3S. The number of halogens is 3. The molecule has 1 saturated heterocycles. The minimum absolute atomic E-state index is 0.115. The van der Waals surface area contributed by atoms with Crippen molar-refractivity contribution >= 4 is 79.8 Å². The third kappa shape index (κ3) is 6.60. The predicted molar refractivity (Wildman–Crippen MR) is 160 cm³/mol. The number of likely N-dealkylation sites (N-methyl/N-ethyl adjacent to an activating group) is 1. The van der Waals surface area contributed by atoms with Crippen LogP contribution in [-0.4, -0.2) is 29.1 Å². The Labute approximate surface area is 241 Å². The molecule has 4 rings (SSSR count). The van der Waals surface area contributed by atoms with Crippen LogP contribution in [-0.2, 0) is 11.4 Å². The summed E-state index contributed by atoms with van der Waals surface area (Å²) in [6.07, 6.45) is 1.84. The number of thioether (sulfide) groups is 1. The molecule has 1 fully saturated rings. The first kappa shape index (κ1) is 26.9. The van der Waals surface area contributed by atoms with Crippen molar-refractivity contribution in [2.75, 3.05) is 13.2 Å². The van der Waals surface area contributed by atoms with Crippen LogP contribution in [0.5, 0.6) is 11.5 Å². The van der Waals surface area contributed by atoms with Crippen molar-refractivity contribution in [2.24, 2.45) is 4.99 Å². The van der Waals surface area contributed by atoms with E-state index >= 15 is 0 Å². The Kier molecular flexibility index (Phi) is 9.29. The Morgan fingerprint density at radius 1 is 1.03 bits per heavy atom. The lowest BCUT2D eigenvalue weighted by Gasteiger charge is -2.15. The Morgan fingerprint density at radius 3 is 2.42 bits per heavy atom. The molecule has 5 nitrogen and oxygen atoms in total. The van der Waals surface area contributed by atoms with Gasteiger partial charge in [0.2, 0.25) is 0 Å². The van der Waals surface area contributed by atoms with Crippen LogP contribution in [0.25, 0.3) is 6.08 Å². The highest BCUT2D eigenvalue weighted by atomic mass is 127. The molecule has 0 atom stereocenters. The number of nitrogens with zero attached hydrogens (tertiary/aromatic N) is 2. The number of hydrogen-bond donors (Lipinski definition) is 0. The lowest BCUT2D eigenvalue weighted by atomic mass is 10.1. The second-order valence-electron chi connectivity index (χ2n) is 7.71. The van der Waals surface area contributed by atoms with Gasteiger partial charge in [0, 0.05) is 10.1 Å². The molecule has 0 spiro atoms. The summed E-state index contributed by atoms with van der Waals surface area (Å²) in [6, 6.07) is 17.9. The number of hydrogen-bond acceptors (Lipinski definition) is 5. The molecule has 9 heteroatoms. The van der Waals surface area contributed by atoms with Crippen molar-refractivity contribution in [3.63, 3.8) is 0 Å². The van der Waals surface area contributed by atoms with Crippen LogP contribution in [0.1, 0.15) is 25.0 Å². The normalized spacial score (nSPS) is 15.7. The molecule has 186 valence electrons. The fraction of sp³-hybridized carbons (Fsp3) is 0.185. The first-order valence-electron chi connectivity index (χ1n) is 11.3. The summed E-state index contributed by atoms with van der Waals surface area (Å²) >= 11 is 5.81. The largest absolute Gasteiger partial charge is 0.490 e. The van der Waals surface area contributed by atoms with E-state index in [0.29, 0.717) is 47.0 Å². The summed E-state index contributed by atoms with van der Waals surface area (Å²) in [4.78, 5) is 19.8. The minimum atomic E-state index is -0.326. The van der Waals surface area contributed by atoms with E-state index < -0.39 is 0 Å². The molecule has 1 aliphatic heterocycles. The molecule has 0 aromatic heterocycles. The van der Waals surface area contributed by atoms with E-state index in [2.05, 4.69) is 50.2 Å². The highest BCUT2D eigenvalue weighted by Crippen LogP contribution is 2.38. The second kappa shape index (κ2) is 12.4. The van der Waals surface area contributed by atoms with Gasteiger partial charge in [-0.15, -0.1) is 0 Å². The first-order chi connectivity index (χ1) is 17.4. The van der Waals surface area contributed by atoms with Crippen molar-refractivity contribution < 1.29 is 18.7 Å². The molecular weight excluding hydrogens is 705 g/mol. The van der Waals surface area contributed by atoms with Crippen LogP contribution < -0.4 is 9.47 Å². The van der Waals surface area contributed by atoms with Gasteiger partial charge >= 0.3 is 0 Å². The number of amidine groups is 1. The fourth-order valence-electron chi connectivity index (χ4n) is 3.46. The van der Waals surface area contributed by atoms with E-state index in [1.807, 2.05) is 56.3 Å². The lowest BCUT2D eigenvalue weighted by molar-refractivity contribution is -0.122. The topological polar surface area (TPSA) is 51.1 Å². The molecule has 0 aliphatic carbocycles. The summed E-state index contributed by atoms with van der Waals surface area (Å²) in [6.45, 7) is 5.22. The summed E-state index contributed by atoms with van der Waals surface area (Å²) in [5.41, 5.74) is 2.49. The van der Waals surface area contributed by atoms with Gasteiger partial charge in [0.15, 0.2) is 16.7 Å². The van der Waals surface area contributed by atoms with E-state index in [9.17, 15) is 9.18 Å². The molecule has 0 saturated carbocycles. The molecule has 3 aromatic rings. The Morgan fingerprint density at radius 2 is 1.75 bits per heavy atom. The molecule has 36 heavy (non-hydrogen) atoms. The van der Waals surface area contributed by atoms with Gasteiger partial charge in [-0.25, -0.2) is 9.38 Å². The quantitative estimate of drug-likeness (QED) is 0.177. The molecule has 1 heterocycles. The van der Waals surface area contributed by atoms with Gasteiger partial charge in [-0.1, -0.05) is 12.1 Å². The van der Waals surface area contributed by atoms with Gasteiger partial charge in [-0.3, -0.25) is 9.69 Å². The number of carbonyl (C=O) groups excluding carboxylic acids is 1. The zero-order valence-electron chi connectivity index (χ0n) is 19.6. The number of benzene rings is 3. The van der Waals surface area contributed by atoms with Gasteiger partial charge in [0.05, 0.1) is 20.8 Å². The van der Waals surface area contributed by atoms with Gasteiger partial charge in [0.1, 0.15) is 12.4 Å². The molecule has 1 amide bonds. The summed E-state index contributed by atoms with van der Waals surface area (Å²) in [5.74, 6) is 0.866. The third-order valence-corrected chi connectivity index (χ3v) is 7.71. The SMILES string of the molecule is CCOc1cc(/C=C2/SC(=Nc3ccc(F)cc3)N(CC)C2=O)cc(I)c1OCc1ccc(I)cc1. The zero-order valence-corrected chi connectivity index (χ0v) is 24.8. The van der Waals surface area contributed by atoms with E-state index in [4.69, 9.17) is 9.47 Å². The number of carbonyl (C=O) groups is 1. The highest BCUT2D eigenvalue weighted by molar-refractivity contribution is 14.1. The van der Waals surface area contributed by atoms with Crippen molar-refractivity contribution in [1.82, 2.24) is 4.90 Å². The third-order valence-electron chi connectivity index (χ3n) is 5.18. The lowest BCUT2D eigenvalue weighted by Crippen LogP contribution is -2.28. The van der Waals surface area contributed by atoms with Gasteiger partial charge < -0.3 is 9.47 Å². The molecule has 0 N–H and O–H groups in total. The van der Waals surface area contributed by atoms with Crippen molar-refractivity contribution in [3.8, 4) is 11.5 Å². The first-order valence-corrected chi connectivity index (χ1v) is 14.2. The number of amides is 1. The average Bonchev–Trinajstić information content (AvgIpc) is 3.14. The van der Waals surface area contributed by atoms with E-state index in [1.54, 1.807) is 17.0 Å². The number of aliphatic imine (C=N–C) groups is 1. The van der Waals surface area contributed by atoms with Crippen LogP contribution in [0.15, 0.2) is 70.6 Å². The zero-order chi connectivity index (χ0) is 25.7. The molecule has 0 unspecified atom stereocenters. The molecule has 1 aliphatic rings. The van der Waals surface area contributed by atoms with Crippen LogP contribution in [0.3, 0.4) is 0 Å². The van der Waals surface area contributed by atoms with Crippen molar-refractivity contribution in [1.29, 1.82) is 0 Å². The highest BCUT2D eigenvalue weighted by Gasteiger charge is 2.32. The molecule has 3 aromatic carbocycles. The van der Waals surface area contributed by atoms with Gasteiger partial charge in [-0.2, -0.15) is 0 Å². The second-order valence-corrected chi connectivity index (χ2v) is 11.1. The smallest absolute Gasteiger partial charge is 0.266 e. The van der Waals surface area contributed by atoms with Crippen LogP contribution in [0.2, 0.25) is 0 Å². The maximum atomic E-state index is 13.3. The minimum Gasteiger partial charge on any atom is -0.490 e. The Bertz CT molecular complexity index is 1310. The molecule has 0 bridgehead atoms. The standard InChI is InChI=1S/C27H23FI2N2O3S/c1-3-32-26(33)24(36-27(32)31-21-11-7-19(28)8-12-21)15-18-13-22(30)25(23(14-18)34-4-2)35-16-17-5-9-20(29)10-6-17/h5-15H,3-4,16H2,1-2H3/b24-15+,31-27?. The molecule has 0 radical (unpaired) electrons. The average molecular weight is 728 g/mol. The summed E-state index contributed by atoms with van der Waals surface area (Å²) in [7, 11) is 0. The Balaban J connectivity index is 1.60. The predicted octanol–water partition coefficient (Wildman–Crippen LogP) is 7.64. The monoisotopic (exact) mass is 728 g/mol. The van der Waals surface area contributed by atoms with Crippen LogP contribution >= 0.6 is 56.9 Å². The Hall–Kier alpha value is -2.12. The summed E-state index contributed by atoms with van der Waals surface area (Å²) in [5, 5.41) is 0.567. The van der Waals surface area contributed by atoms with E-state index in [0.717, 1.165) is 14.7 Å². The maximum Gasteiger partial charge on any atom is 0.266 e. The fourth-order valence-corrected chi connectivity index (χ4v) is 5.66. The summed E-state index contributed by atoms with van der Waals surface area (Å²) < 4.78 is 27.3. The van der Waals surface area contributed by atoms with Crippen molar-refractivity contribution in [3.05, 3.63) is 89.7 Å². The van der Waals surface area contributed by atoms with Gasteiger partial charge in [0.25, 0.3) is 5.91 Å². The number of ether oxygens (including phenoxy) is 2. The van der Waals surface area contributed by atoms with Gasteiger partial charge in [-0.05, 0) is 137 Å². The number of rotatable bonds is 8.